The molecule has 1 aliphatic rings. The molecule has 0 fully saturated rings. The van der Waals surface area contributed by atoms with Crippen LogP contribution in [0.2, 0.25) is 0 Å². The van der Waals surface area contributed by atoms with E-state index in [0.717, 1.165) is 5.57 Å². The molecule has 2 unspecified atom stereocenters. The Balaban J connectivity index is 0.00000121. The van der Waals surface area contributed by atoms with E-state index in [0.29, 0.717) is 0 Å². The minimum absolute atomic E-state index is 0.273. The molecule has 17 heavy (non-hydrogen) atoms. The van der Waals surface area contributed by atoms with Crippen molar-refractivity contribution < 1.29 is 9.50 Å². The van der Waals surface area contributed by atoms with Crippen LogP contribution in [0.4, 0.5) is 4.39 Å². The average molecular weight is 240 g/mol. The molecule has 1 aliphatic carbocycles. The Bertz CT molecular complexity index is 320. The van der Waals surface area contributed by atoms with E-state index >= 15 is 0 Å². The number of hydrogen-bond acceptors (Lipinski definition) is 1. The zero-order chi connectivity index (χ0) is 13.7. The van der Waals surface area contributed by atoms with Crippen LogP contribution in [0, 0.1) is 5.92 Å². The largest absolute Gasteiger partial charge is 0.382 e. The van der Waals surface area contributed by atoms with Gasteiger partial charge >= 0.3 is 0 Å². The van der Waals surface area contributed by atoms with Crippen LogP contribution in [0.25, 0.3) is 0 Å². The van der Waals surface area contributed by atoms with Crippen LogP contribution < -0.4 is 0 Å². The highest BCUT2D eigenvalue weighted by atomic mass is 19.1. The minimum atomic E-state index is -1.49. The molecule has 1 rings (SSSR count). The fourth-order valence-corrected chi connectivity index (χ4v) is 1.44. The summed E-state index contributed by atoms with van der Waals surface area (Å²) in [4.78, 5) is 0. The summed E-state index contributed by atoms with van der Waals surface area (Å²) in [6, 6.07) is 0. The molecule has 0 aliphatic heterocycles. The lowest BCUT2D eigenvalue weighted by Gasteiger charge is -2.22. The van der Waals surface area contributed by atoms with E-state index in [-0.39, 0.29) is 5.92 Å². The van der Waals surface area contributed by atoms with Gasteiger partial charge in [-0.3, -0.25) is 0 Å². The first kappa shape index (κ1) is 16.1. The molecular weight excluding hydrogens is 215 g/mol. The van der Waals surface area contributed by atoms with Crippen molar-refractivity contribution in [3.63, 3.8) is 0 Å². The van der Waals surface area contributed by atoms with E-state index in [9.17, 15) is 9.50 Å². The summed E-state index contributed by atoms with van der Waals surface area (Å²) in [5.74, 6) is 0.273. The predicted molar refractivity (Wildman–Crippen MR) is 72.7 cm³/mol. The molecule has 0 aromatic heterocycles. The van der Waals surface area contributed by atoms with Crippen LogP contribution in [0.1, 0.15) is 41.5 Å². The van der Waals surface area contributed by atoms with E-state index in [1.165, 1.54) is 25.2 Å². The van der Waals surface area contributed by atoms with E-state index in [1.807, 2.05) is 27.7 Å². The number of halogens is 1. The lowest BCUT2D eigenvalue weighted by Crippen LogP contribution is -2.22. The Labute approximate surface area is 105 Å². The molecule has 0 saturated carbocycles. The second-order valence-corrected chi connectivity index (χ2v) is 4.84. The van der Waals surface area contributed by atoms with Gasteiger partial charge < -0.3 is 5.11 Å². The zero-order valence-electron chi connectivity index (χ0n) is 11.8. The highest BCUT2D eigenvalue weighted by Gasteiger charge is 2.22. The summed E-state index contributed by atoms with van der Waals surface area (Å²) >= 11 is 0. The maximum absolute atomic E-state index is 13.8. The summed E-state index contributed by atoms with van der Waals surface area (Å²) in [5.41, 5.74) is -1.61. The summed E-state index contributed by atoms with van der Waals surface area (Å²) in [6.45, 7) is 11.2. The number of rotatable bonds is 1. The molecule has 2 heteroatoms. The molecular formula is C15H25FO. The highest BCUT2D eigenvalue weighted by Crippen LogP contribution is 2.25. The Morgan fingerprint density at radius 3 is 2.12 bits per heavy atom. The Morgan fingerprint density at radius 1 is 1.12 bits per heavy atom. The average Bonchev–Trinajstić information content (AvgIpc) is 2.23. The van der Waals surface area contributed by atoms with E-state index in [2.05, 4.69) is 0 Å². The standard InChI is InChI=1S/C13H19FO.C2H6/c1-10(2)11-5-6-12(3,14)7-8-13(4,15)9-11;1-2/h5-10,15H,1-4H3;1-2H3/b6-5-,8-7-,11-9+;. The van der Waals surface area contributed by atoms with Crippen LogP contribution in [0.5, 0.6) is 0 Å². The van der Waals surface area contributed by atoms with Crippen molar-refractivity contribution in [2.75, 3.05) is 0 Å². The van der Waals surface area contributed by atoms with Crippen LogP contribution in [0.3, 0.4) is 0 Å². The molecule has 1 N–H and O–H groups in total. The lowest BCUT2D eigenvalue weighted by molar-refractivity contribution is 0.160. The van der Waals surface area contributed by atoms with Gasteiger partial charge in [0.15, 0.2) is 0 Å². The quantitative estimate of drug-likeness (QED) is 0.681. The van der Waals surface area contributed by atoms with Crippen molar-refractivity contribution in [3.05, 3.63) is 36.0 Å². The summed E-state index contributed by atoms with van der Waals surface area (Å²) in [7, 11) is 0. The van der Waals surface area contributed by atoms with E-state index in [1.54, 1.807) is 19.1 Å². The van der Waals surface area contributed by atoms with Gasteiger partial charge in [-0.25, -0.2) is 4.39 Å². The zero-order valence-corrected chi connectivity index (χ0v) is 11.8. The number of aliphatic hydroxyl groups is 1. The third-order valence-electron chi connectivity index (χ3n) is 2.47. The molecule has 2 atom stereocenters. The Morgan fingerprint density at radius 2 is 1.65 bits per heavy atom. The van der Waals surface area contributed by atoms with Gasteiger partial charge in [0.05, 0.1) is 5.60 Å². The van der Waals surface area contributed by atoms with E-state index < -0.39 is 11.3 Å². The van der Waals surface area contributed by atoms with Crippen molar-refractivity contribution in [1.29, 1.82) is 0 Å². The summed E-state index contributed by atoms with van der Waals surface area (Å²) in [5, 5.41) is 9.97. The van der Waals surface area contributed by atoms with Crippen LogP contribution in [-0.4, -0.2) is 16.4 Å². The van der Waals surface area contributed by atoms with Crippen molar-refractivity contribution in [3.8, 4) is 0 Å². The molecule has 0 aromatic carbocycles. The molecule has 0 spiro atoms. The van der Waals surface area contributed by atoms with Gasteiger partial charge in [-0.2, -0.15) is 0 Å². The fraction of sp³-hybridized carbons (Fsp3) is 0.600. The molecule has 98 valence electrons. The van der Waals surface area contributed by atoms with Crippen molar-refractivity contribution in [2.24, 2.45) is 5.92 Å². The first-order valence-electron chi connectivity index (χ1n) is 6.25. The van der Waals surface area contributed by atoms with Crippen LogP contribution in [-0.2, 0) is 0 Å². The second-order valence-electron chi connectivity index (χ2n) is 4.84. The molecule has 0 radical (unpaired) electrons. The lowest BCUT2D eigenvalue weighted by atomic mass is 9.90. The number of alkyl halides is 1. The monoisotopic (exact) mass is 240 g/mol. The Hall–Kier alpha value is -0.890. The van der Waals surface area contributed by atoms with Gasteiger partial charge in [0, 0.05) is 0 Å². The maximum Gasteiger partial charge on any atom is 0.144 e. The van der Waals surface area contributed by atoms with Gasteiger partial charge in [-0.1, -0.05) is 39.8 Å². The van der Waals surface area contributed by atoms with Crippen molar-refractivity contribution in [1.82, 2.24) is 0 Å². The predicted octanol–water partition coefficient (Wildman–Crippen LogP) is 4.20. The molecule has 0 aromatic rings. The van der Waals surface area contributed by atoms with Gasteiger partial charge in [-0.05, 0) is 43.6 Å². The van der Waals surface area contributed by atoms with Gasteiger partial charge in [0.1, 0.15) is 5.67 Å². The highest BCUT2D eigenvalue weighted by molar-refractivity contribution is 5.33. The molecule has 0 bridgehead atoms. The first-order chi connectivity index (χ1) is 7.72. The molecule has 1 nitrogen and oxygen atoms in total. The molecule has 0 heterocycles. The SMILES string of the molecule is CC.CC(C)C1=C/C(C)(O)/C=C\C(C)(F)/C=C\1. The number of hydrogen-bond donors (Lipinski definition) is 1. The summed E-state index contributed by atoms with van der Waals surface area (Å²) < 4.78 is 13.8. The molecule has 0 saturated heterocycles. The smallest absolute Gasteiger partial charge is 0.144 e. The van der Waals surface area contributed by atoms with Gasteiger partial charge in [0.2, 0.25) is 0 Å². The van der Waals surface area contributed by atoms with E-state index in [4.69, 9.17) is 0 Å². The normalized spacial score (nSPS) is 39.2. The third-order valence-corrected chi connectivity index (χ3v) is 2.47. The second kappa shape index (κ2) is 6.15. The minimum Gasteiger partial charge on any atom is -0.382 e. The third kappa shape index (κ3) is 5.83. The fourth-order valence-electron chi connectivity index (χ4n) is 1.44. The van der Waals surface area contributed by atoms with Gasteiger partial charge in [0.25, 0.3) is 0 Å². The molecule has 0 amide bonds. The van der Waals surface area contributed by atoms with Crippen LogP contribution in [0.15, 0.2) is 36.0 Å². The maximum atomic E-state index is 13.8. The summed E-state index contributed by atoms with van der Waals surface area (Å²) in [6.07, 6.45) is 7.92. The number of allylic oxidation sites excluding steroid dienone is 4. The first-order valence-corrected chi connectivity index (χ1v) is 6.25. The van der Waals surface area contributed by atoms with Crippen LogP contribution >= 0.6 is 0 Å². The topological polar surface area (TPSA) is 20.2 Å². The van der Waals surface area contributed by atoms with Crippen molar-refractivity contribution >= 4 is 0 Å². The van der Waals surface area contributed by atoms with Gasteiger partial charge in [-0.15, -0.1) is 0 Å². The Kier molecular flexibility index (Phi) is 5.83. The van der Waals surface area contributed by atoms with Crippen molar-refractivity contribution in [2.45, 2.75) is 52.8 Å².